The van der Waals surface area contributed by atoms with Gasteiger partial charge < -0.3 is 15.4 Å². The molecule has 2 aliphatic rings. The lowest BCUT2D eigenvalue weighted by Gasteiger charge is -2.33. The molecule has 2 aliphatic heterocycles. The summed E-state index contributed by atoms with van der Waals surface area (Å²) in [4.78, 5) is 12.9. The van der Waals surface area contributed by atoms with E-state index in [9.17, 15) is 15.2 Å². The average Bonchev–Trinajstić information content (AvgIpc) is 2.91. The van der Waals surface area contributed by atoms with Crippen LogP contribution < -0.4 is 5.43 Å². The van der Waals surface area contributed by atoms with Gasteiger partial charge in [0.15, 0.2) is 5.75 Å². The Balaban J connectivity index is 1.83. The molecule has 0 spiro atoms. The average molecular weight is 304 g/mol. The molecule has 2 heterocycles. The van der Waals surface area contributed by atoms with Gasteiger partial charge in [-0.2, -0.15) is 5.10 Å². The molecular weight excluding hydrogens is 284 g/mol. The van der Waals surface area contributed by atoms with E-state index in [-0.39, 0.29) is 23.4 Å². The van der Waals surface area contributed by atoms with Crippen molar-refractivity contribution in [3.63, 3.8) is 0 Å². The number of fused-ring (bicyclic) bond motifs is 1. The fourth-order valence-electron chi connectivity index (χ4n) is 3.32. The van der Waals surface area contributed by atoms with Gasteiger partial charge in [0, 0.05) is 37.2 Å². The number of hydrogen-bond acceptors (Lipinski definition) is 6. The number of likely N-dealkylation sites (tertiary alicyclic amines) is 1. The summed E-state index contributed by atoms with van der Waals surface area (Å²) in [5.74, 6) is -0.0615. The first-order chi connectivity index (χ1) is 10.6. The number of nitrogens with one attached hydrogen (secondary N) is 1. The second-order valence-corrected chi connectivity index (χ2v) is 5.87. The van der Waals surface area contributed by atoms with Crippen LogP contribution in [0, 0.1) is 16.0 Å². The van der Waals surface area contributed by atoms with E-state index >= 15 is 0 Å². The number of benzene rings is 1. The second-order valence-electron chi connectivity index (χ2n) is 5.87. The summed E-state index contributed by atoms with van der Waals surface area (Å²) in [7, 11) is 0. The molecule has 2 unspecified atom stereocenters. The number of aromatic hydroxyl groups is 1. The third kappa shape index (κ3) is 2.64. The first-order valence-corrected chi connectivity index (χ1v) is 7.61. The summed E-state index contributed by atoms with van der Waals surface area (Å²) in [5, 5.41) is 25.0. The summed E-state index contributed by atoms with van der Waals surface area (Å²) in [6, 6.07) is 4.51. The minimum atomic E-state index is -0.556. The molecule has 0 aliphatic carbocycles. The fraction of sp³-hybridized carbons (Fsp3) is 0.533. The minimum absolute atomic E-state index is 0.0612. The van der Waals surface area contributed by atoms with Crippen molar-refractivity contribution in [3.8, 4) is 5.75 Å². The number of phenolic OH excluding ortho intramolecular Hbond substituents is 1. The molecule has 118 valence electrons. The van der Waals surface area contributed by atoms with Gasteiger partial charge in [-0.3, -0.25) is 10.1 Å². The number of nitrogens with zero attached hydrogens (tertiary/aromatic N) is 3. The Morgan fingerprint density at radius 1 is 1.55 bits per heavy atom. The van der Waals surface area contributed by atoms with Crippen molar-refractivity contribution < 1.29 is 10.0 Å². The van der Waals surface area contributed by atoms with Gasteiger partial charge in [0.25, 0.3) is 0 Å². The molecule has 22 heavy (non-hydrogen) atoms. The van der Waals surface area contributed by atoms with Crippen molar-refractivity contribution in [1.29, 1.82) is 0 Å². The molecule has 7 heteroatoms. The summed E-state index contributed by atoms with van der Waals surface area (Å²) < 4.78 is 0. The molecule has 1 aromatic carbocycles. The number of hydrogen-bond donors (Lipinski definition) is 2. The normalized spacial score (nSPS) is 24.5. The van der Waals surface area contributed by atoms with E-state index in [1.807, 2.05) is 0 Å². The Hall–Kier alpha value is -2.15. The Kier molecular flexibility index (Phi) is 3.98. The lowest BCUT2D eigenvalue weighted by atomic mass is 9.86. The van der Waals surface area contributed by atoms with E-state index in [2.05, 4.69) is 22.4 Å². The van der Waals surface area contributed by atoms with Gasteiger partial charge in [0.1, 0.15) is 0 Å². The van der Waals surface area contributed by atoms with E-state index in [0.29, 0.717) is 0 Å². The molecule has 0 radical (unpaired) electrons. The van der Waals surface area contributed by atoms with Gasteiger partial charge >= 0.3 is 5.69 Å². The van der Waals surface area contributed by atoms with Gasteiger partial charge in [0.05, 0.1) is 11.0 Å². The molecule has 0 aromatic heterocycles. The van der Waals surface area contributed by atoms with Crippen LogP contribution in [0.3, 0.4) is 0 Å². The Morgan fingerprint density at radius 2 is 2.36 bits per heavy atom. The lowest BCUT2D eigenvalue weighted by Crippen LogP contribution is -2.42. The summed E-state index contributed by atoms with van der Waals surface area (Å²) in [6.07, 6.45) is 2.05. The molecule has 3 rings (SSSR count). The van der Waals surface area contributed by atoms with Crippen LogP contribution >= 0.6 is 0 Å². The third-order valence-corrected chi connectivity index (χ3v) is 4.41. The molecular formula is C15H20N4O3. The zero-order valence-corrected chi connectivity index (χ0v) is 12.5. The highest BCUT2D eigenvalue weighted by atomic mass is 16.6. The standard InChI is InChI=1S/C15H20N4O3/c1-2-6-18-7-5-12-11(9-18)15(17-16-12)10-3-4-14(20)13(8-10)19(21)22/h3-4,8,11,15,17,20H,2,5-7,9H2,1H3. The van der Waals surface area contributed by atoms with E-state index in [4.69, 9.17) is 0 Å². The summed E-state index contributed by atoms with van der Waals surface area (Å²) in [6.45, 7) is 5.16. The molecule has 0 bridgehead atoms. The smallest absolute Gasteiger partial charge is 0.311 e. The largest absolute Gasteiger partial charge is 0.502 e. The number of nitro groups is 1. The van der Waals surface area contributed by atoms with E-state index < -0.39 is 4.92 Å². The number of hydrazone groups is 1. The zero-order valence-electron chi connectivity index (χ0n) is 12.5. The number of phenols is 1. The summed E-state index contributed by atoms with van der Waals surface area (Å²) in [5.41, 5.74) is 4.81. The predicted molar refractivity (Wildman–Crippen MR) is 82.9 cm³/mol. The third-order valence-electron chi connectivity index (χ3n) is 4.41. The first-order valence-electron chi connectivity index (χ1n) is 7.61. The lowest BCUT2D eigenvalue weighted by molar-refractivity contribution is -0.385. The van der Waals surface area contributed by atoms with E-state index in [0.717, 1.165) is 43.8 Å². The van der Waals surface area contributed by atoms with Crippen LogP contribution in [0.4, 0.5) is 5.69 Å². The van der Waals surface area contributed by atoms with Gasteiger partial charge in [-0.05, 0) is 24.6 Å². The molecule has 7 nitrogen and oxygen atoms in total. The van der Waals surface area contributed by atoms with Crippen LogP contribution in [0.15, 0.2) is 23.3 Å². The molecule has 0 amide bonds. The van der Waals surface area contributed by atoms with Gasteiger partial charge in [-0.25, -0.2) is 0 Å². The van der Waals surface area contributed by atoms with Gasteiger partial charge in [0.2, 0.25) is 0 Å². The highest BCUT2D eigenvalue weighted by Gasteiger charge is 2.37. The SMILES string of the molecule is CCCN1CCC2=NNC(c3ccc(O)c([N+](=O)[O-])c3)C2C1. The van der Waals surface area contributed by atoms with Crippen molar-refractivity contribution in [3.05, 3.63) is 33.9 Å². The van der Waals surface area contributed by atoms with Crippen LogP contribution in [0.2, 0.25) is 0 Å². The molecule has 1 fully saturated rings. The maximum absolute atomic E-state index is 11.0. The van der Waals surface area contributed by atoms with Crippen LogP contribution in [-0.2, 0) is 0 Å². The molecule has 1 saturated heterocycles. The maximum Gasteiger partial charge on any atom is 0.311 e. The molecule has 2 atom stereocenters. The van der Waals surface area contributed by atoms with Crippen LogP contribution in [0.5, 0.6) is 5.75 Å². The Bertz CT molecular complexity index is 617. The first kappa shape index (κ1) is 14.8. The van der Waals surface area contributed by atoms with Crippen molar-refractivity contribution in [2.75, 3.05) is 19.6 Å². The topological polar surface area (TPSA) is 91.0 Å². The quantitative estimate of drug-likeness (QED) is 0.656. The molecule has 2 N–H and O–H groups in total. The highest BCUT2D eigenvalue weighted by molar-refractivity contribution is 5.90. The molecule has 1 aromatic rings. The number of nitro benzene ring substituents is 1. The van der Waals surface area contributed by atoms with Crippen LogP contribution in [-0.4, -0.2) is 40.3 Å². The van der Waals surface area contributed by atoms with Crippen LogP contribution in [0.1, 0.15) is 31.4 Å². The van der Waals surface area contributed by atoms with Crippen molar-refractivity contribution in [2.45, 2.75) is 25.8 Å². The van der Waals surface area contributed by atoms with Gasteiger partial charge in [-0.15, -0.1) is 0 Å². The van der Waals surface area contributed by atoms with Crippen LogP contribution in [0.25, 0.3) is 0 Å². The monoisotopic (exact) mass is 304 g/mol. The second kappa shape index (κ2) is 5.92. The Labute approximate surface area is 128 Å². The number of rotatable bonds is 4. The van der Waals surface area contributed by atoms with Crippen molar-refractivity contribution >= 4 is 11.4 Å². The highest BCUT2D eigenvalue weighted by Crippen LogP contribution is 2.36. The van der Waals surface area contributed by atoms with E-state index in [1.54, 1.807) is 6.07 Å². The minimum Gasteiger partial charge on any atom is -0.502 e. The fourth-order valence-corrected chi connectivity index (χ4v) is 3.32. The maximum atomic E-state index is 11.0. The zero-order chi connectivity index (χ0) is 15.7. The number of piperidine rings is 1. The van der Waals surface area contributed by atoms with Crippen molar-refractivity contribution in [2.24, 2.45) is 11.0 Å². The van der Waals surface area contributed by atoms with E-state index in [1.165, 1.54) is 12.1 Å². The predicted octanol–water partition coefficient (Wildman–Crippen LogP) is 2.03. The Morgan fingerprint density at radius 3 is 3.09 bits per heavy atom. The van der Waals surface area contributed by atoms with Gasteiger partial charge in [-0.1, -0.05) is 13.0 Å². The summed E-state index contributed by atoms with van der Waals surface area (Å²) >= 11 is 0. The van der Waals surface area contributed by atoms with Crippen molar-refractivity contribution in [1.82, 2.24) is 10.3 Å². The molecule has 0 saturated carbocycles.